The third kappa shape index (κ3) is 3.93. The van der Waals surface area contributed by atoms with Crippen molar-refractivity contribution in [2.75, 3.05) is 30.3 Å². The molecule has 0 unspecified atom stereocenters. The first-order valence-electron chi connectivity index (χ1n) is 11.1. The van der Waals surface area contributed by atoms with E-state index in [1.54, 1.807) is 12.5 Å². The summed E-state index contributed by atoms with van der Waals surface area (Å²) in [7, 11) is 0. The highest BCUT2D eigenvalue weighted by atomic mass is 16.2. The molecule has 1 fully saturated rings. The zero-order valence-electron chi connectivity index (χ0n) is 18.1. The number of amides is 1. The van der Waals surface area contributed by atoms with Crippen LogP contribution < -0.4 is 10.6 Å². The molecule has 1 aliphatic rings. The number of aromatic nitrogens is 5. The van der Waals surface area contributed by atoms with Crippen molar-refractivity contribution in [2.24, 2.45) is 0 Å². The number of fused-ring (bicyclic) bond motifs is 2. The molecule has 3 aromatic heterocycles. The van der Waals surface area contributed by atoms with Crippen LogP contribution in [0, 0.1) is 0 Å². The summed E-state index contributed by atoms with van der Waals surface area (Å²) in [5, 5.41) is 8.76. The maximum Gasteiger partial charge on any atom is 0.232 e. The number of anilines is 3. The van der Waals surface area contributed by atoms with Crippen molar-refractivity contribution in [3.63, 3.8) is 0 Å². The Hall–Kier alpha value is -3.75. The lowest BCUT2D eigenvalue weighted by molar-refractivity contribution is -0.127. The van der Waals surface area contributed by atoms with Gasteiger partial charge in [-0.2, -0.15) is 9.97 Å². The van der Waals surface area contributed by atoms with Crippen molar-refractivity contribution in [2.45, 2.75) is 32.7 Å². The van der Waals surface area contributed by atoms with Crippen LogP contribution in [0.25, 0.3) is 21.9 Å². The zero-order chi connectivity index (χ0) is 21.9. The quantitative estimate of drug-likeness (QED) is 0.441. The van der Waals surface area contributed by atoms with Gasteiger partial charge < -0.3 is 20.1 Å². The number of hydrogen-bond acceptors (Lipinski definition) is 7. The fraction of sp³-hybridized carbons (Fsp3) is 0.348. The van der Waals surface area contributed by atoms with E-state index in [0.717, 1.165) is 47.9 Å². The van der Waals surface area contributed by atoms with E-state index in [9.17, 15) is 4.79 Å². The van der Waals surface area contributed by atoms with Crippen LogP contribution in [0.1, 0.15) is 26.2 Å². The molecule has 4 heterocycles. The maximum atomic E-state index is 12.0. The number of carbonyl (C=O) groups excluding carboxylic acids is 1. The lowest BCUT2D eigenvalue weighted by Crippen LogP contribution is -2.28. The SMILES string of the molecule is CCCNc1nc(Nc2nccc3ccccc23)nc2c1ncn2CCN1CCCC1=O. The summed E-state index contributed by atoms with van der Waals surface area (Å²) in [6.45, 7) is 5.00. The number of carbonyl (C=O) groups is 1. The monoisotopic (exact) mass is 430 g/mol. The molecule has 2 N–H and O–H groups in total. The van der Waals surface area contributed by atoms with E-state index >= 15 is 0 Å². The normalized spacial score (nSPS) is 13.9. The van der Waals surface area contributed by atoms with Gasteiger partial charge in [0.15, 0.2) is 17.0 Å². The van der Waals surface area contributed by atoms with Crippen LogP contribution in [0.5, 0.6) is 0 Å². The van der Waals surface area contributed by atoms with E-state index in [1.165, 1.54) is 0 Å². The fourth-order valence-electron chi connectivity index (χ4n) is 4.02. The highest BCUT2D eigenvalue weighted by Gasteiger charge is 2.20. The summed E-state index contributed by atoms with van der Waals surface area (Å²) < 4.78 is 1.99. The highest BCUT2D eigenvalue weighted by molar-refractivity contribution is 5.93. The van der Waals surface area contributed by atoms with Gasteiger partial charge >= 0.3 is 0 Å². The first-order valence-corrected chi connectivity index (χ1v) is 11.1. The third-order valence-corrected chi connectivity index (χ3v) is 5.69. The van der Waals surface area contributed by atoms with Crippen molar-refractivity contribution in [3.05, 3.63) is 42.9 Å². The molecule has 0 radical (unpaired) electrons. The van der Waals surface area contributed by atoms with Gasteiger partial charge in [-0.3, -0.25) is 4.79 Å². The maximum absolute atomic E-state index is 12.0. The van der Waals surface area contributed by atoms with Crippen LogP contribution in [-0.4, -0.2) is 54.9 Å². The number of rotatable bonds is 8. The summed E-state index contributed by atoms with van der Waals surface area (Å²) in [4.78, 5) is 32.4. The van der Waals surface area contributed by atoms with Crippen molar-refractivity contribution in [1.29, 1.82) is 0 Å². The Labute approximate surface area is 185 Å². The van der Waals surface area contributed by atoms with Crippen LogP contribution in [0.4, 0.5) is 17.6 Å². The second-order valence-electron chi connectivity index (χ2n) is 7.92. The molecule has 0 atom stereocenters. The number of pyridine rings is 1. The zero-order valence-corrected chi connectivity index (χ0v) is 18.1. The molecule has 0 saturated carbocycles. The molecular weight excluding hydrogens is 404 g/mol. The van der Waals surface area contributed by atoms with E-state index in [4.69, 9.17) is 4.98 Å². The predicted octanol–water partition coefficient (Wildman–Crippen LogP) is 3.56. The van der Waals surface area contributed by atoms with E-state index in [0.29, 0.717) is 37.1 Å². The van der Waals surface area contributed by atoms with Gasteiger partial charge in [-0.15, -0.1) is 0 Å². The van der Waals surface area contributed by atoms with Gasteiger partial charge in [0.2, 0.25) is 11.9 Å². The van der Waals surface area contributed by atoms with Crippen molar-refractivity contribution in [1.82, 2.24) is 29.4 Å². The minimum Gasteiger partial charge on any atom is -0.368 e. The van der Waals surface area contributed by atoms with Gasteiger partial charge in [0.05, 0.1) is 6.33 Å². The van der Waals surface area contributed by atoms with Crippen molar-refractivity contribution >= 4 is 45.4 Å². The molecular formula is C23H26N8O. The van der Waals surface area contributed by atoms with E-state index < -0.39 is 0 Å². The Morgan fingerprint density at radius 3 is 2.81 bits per heavy atom. The molecule has 9 nitrogen and oxygen atoms in total. The average molecular weight is 431 g/mol. The number of imidazole rings is 1. The number of benzene rings is 1. The minimum atomic E-state index is 0.221. The summed E-state index contributed by atoms with van der Waals surface area (Å²) in [6, 6.07) is 10.0. The standard InChI is InChI=1S/C23H26N8O/c1-2-10-24-21-19-22(31(15-26-19)14-13-30-12-5-8-18(30)32)29-23(28-21)27-20-17-7-4-3-6-16(17)9-11-25-20/h3-4,6-7,9,11,15H,2,5,8,10,12-14H2,1H3,(H2,24,25,27,28,29). The van der Waals surface area contributed by atoms with Gasteiger partial charge in [0.25, 0.3) is 0 Å². The van der Waals surface area contributed by atoms with Crippen LogP contribution >= 0.6 is 0 Å². The second kappa shape index (κ2) is 8.78. The van der Waals surface area contributed by atoms with Crippen LogP contribution in [0.15, 0.2) is 42.9 Å². The Morgan fingerprint density at radius 2 is 1.97 bits per heavy atom. The highest BCUT2D eigenvalue weighted by Crippen LogP contribution is 2.26. The van der Waals surface area contributed by atoms with Crippen molar-refractivity contribution in [3.8, 4) is 0 Å². The molecule has 164 valence electrons. The molecule has 1 aromatic carbocycles. The number of likely N-dealkylation sites (tertiary alicyclic amines) is 1. The Balaban J connectivity index is 1.49. The molecule has 0 bridgehead atoms. The third-order valence-electron chi connectivity index (χ3n) is 5.69. The summed E-state index contributed by atoms with van der Waals surface area (Å²) in [6.07, 6.45) is 6.09. The second-order valence-corrected chi connectivity index (χ2v) is 7.92. The van der Waals surface area contributed by atoms with E-state index in [-0.39, 0.29) is 5.91 Å². The number of hydrogen-bond donors (Lipinski definition) is 2. The largest absolute Gasteiger partial charge is 0.368 e. The minimum absolute atomic E-state index is 0.221. The Bertz CT molecular complexity index is 1260. The van der Waals surface area contributed by atoms with Crippen LogP contribution in [0.3, 0.4) is 0 Å². The molecule has 4 aromatic rings. The van der Waals surface area contributed by atoms with Crippen LogP contribution in [-0.2, 0) is 11.3 Å². The molecule has 1 saturated heterocycles. The average Bonchev–Trinajstić information content (AvgIpc) is 3.42. The summed E-state index contributed by atoms with van der Waals surface area (Å²) in [5.41, 5.74) is 1.45. The van der Waals surface area contributed by atoms with Crippen molar-refractivity contribution < 1.29 is 4.79 Å². The topological polar surface area (TPSA) is 101 Å². The molecule has 32 heavy (non-hydrogen) atoms. The fourth-order valence-corrected chi connectivity index (χ4v) is 4.02. The summed E-state index contributed by atoms with van der Waals surface area (Å²) >= 11 is 0. The van der Waals surface area contributed by atoms with Crippen LogP contribution in [0.2, 0.25) is 0 Å². The molecule has 0 aliphatic carbocycles. The smallest absolute Gasteiger partial charge is 0.232 e. The lowest BCUT2D eigenvalue weighted by Gasteiger charge is -2.16. The van der Waals surface area contributed by atoms with Gasteiger partial charge in [-0.1, -0.05) is 31.2 Å². The van der Waals surface area contributed by atoms with E-state index in [2.05, 4.69) is 38.6 Å². The van der Waals surface area contributed by atoms with Gasteiger partial charge in [0, 0.05) is 44.2 Å². The number of nitrogens with zero attached hydrogens (tertiary/aromatic N) is 6. The van der Waals surface area contributed by atoms with E-state index in [1.807, 2.05) is 33.7 Å². The molecule has 0 spiro atoms. The predicted molar refractivity (Wildman–Crippen MR) is 125 cm³/mol. The number of nitrogens with one attached hydrogen (secondary N) is 2. The summed E-state index contributed by atoms with van der Waals surface area (Å²) in [5.74, 6) is 2.07. The molecule has 5 rings (SSSR count). The van der Waals surface area contributed by atoms with Gasteiger partial charge in [-0.05, 0) is 24.3 Å². The Morgan fingerprint density at radius 1 is 1.06 bits per heavy atom. The first kappa shape index (κ1) is 20.2. The molecule has 1 aliphatic heterocycles. The molecule has 1 amide bonds. The molecule has 9 heteroatoms. The van der Waals surface area contributed by atoms with Gasteiger partial charge in [0.1, 0.15) is 5.82 Å². The van der Waals surface area contributed by atoms with Gasteiger partial charge in [-0.25, -0.2) is 9.97 Å². The Kier molecular flexibility index (Phi) is 5.53. The lowest BCUT2D eigenvalue weighted by atomic mass is 10.1. The first-order chi connectivity index (χ1) is 15.7.